The SMILES string of the molecule is CCCCCCCCCCCNC(C)C[N+](C)(C)C. The van der Waals surface area contributed by atoms with E-state index >= 15 is 0 Å². The third-order valence-corrected chi connectivity index (χ3v) is 3.59. The van der Waals surface area contributed by atoms with Crippen molar-refractivity contribution in [1.82, 2.24) is 5.32 Å². The minimum Gasteiger partial charge on any atom is -0.330 e. The van der Waals surface area contributed by atoms with Gasteiger partial charge in [-0.15, -0.1) is 0 Å². The van der Waals surface area contributed by atoms with Crippen LogP contribution in [0.3, 0.4) is 0 Å². The molecule has 0 saturated carbocycles. The van der Waals surface area contributed by atoms with E-state index in [1.165, 1.54) is 70.9 Å². The van der Waals surface area contributed by atoms with Gasteiger partial charge in [-0.2, -0.15) is 0 Å². The lowest BCUT2D eigenvalue weighted by atomic mass is 10.1. The molecule has 0 aliphatic rings. The van der Waals surface area contributed by atoms with Crippen molar-refractivity contribution in [3.05, 3.63) is 0 Å². The predicted molar refractivity (Wildman–Crippen MR) is 87.6 cm³/mol. The van der Waals surface area contributed by atoms with Crippen molar-refractivity contribution in [3.8, 4) is 0 Å². The van der Waals surface area contributed by atoms with E-state index in [0.717, 1.165) is 4.48 Å². The second kappa shape index (κ2) is 11.7. The van der Waals surface area contributed by atoms with Gasteiger partial charge in [0, 0.05) is 0 Å². The molecule has 0 spiro atoms. The van der Waals surface area contributed by atoms with Gasteiger partial charge in [0.2, 0.25) is 0 Å². The summed E-state index contributed by atoms with van der Waals surface area (Å²) in [6.45, 7) is 6.98. The van der Waals surface area contributed by atoms with Gasteiger partial charge in [0.15, 0.2) is 0 Å². The number of hydrogen-bond donors (Lipinski definition) is 1. The number of nitrogens with one attached hydrogen (secondary N) is 1. The van der Waals surface area contributed by atoms with Gasteiger partial charge in [-0.3, -0.25) is 0 Å². The molecule has 0 heterocycles. The molecule has 0 aromatic carbocycles. The van der Waals surface area contributed by atoms with Crippen LogP contribution in [0.25, 0.3) is 0 Å². The van der Waals surface area contributed by atoms with E-state index in [2.05, 4.69) is 40.3 Å². The van der Waals surface area contributed by atoms with Gasteiger partial charge < -0.3 is 9.80 Å². The first-order chi connectivity index (χ1) is 8.95. The van der Waals surface area contributed by atoms with Gasteiger partial charge in [-0.25, -0.2) is 0 Å². The van der Waals surface area contributed by atoms with Crippen LogP contribution in [0.5, 0.6) is 0 Å². The lowest BCUT2D eigenvalue weighted by Gasteiger charge is -2.28. The minimum absolute atomic E-state index is 0.633. The fraction of sp³-hybridized carbons (Fsp3) is 1.00. The van der Waals surface area contributed by atoms with Gasteiger partial charge in [-0.05, 0) is 19.9 Å². The standard InChI is InChI=1S/C17H39N2/c1-6-7-8-9-10-11-12-13-14-15-18-17(2)16-19(3,4)5/h17-18H,6-16H2,1-5H3/q+1. The van der Waals surface area contributed by atoms with Crippen LogP contribution in [0, 0.1) is 0 Å². The van der Waals surface area contributed by atoms with Crippen LogP contribution in [0.15, 0.2) is 0 Å². The molecule has 0 bridgehead atoms. The Kier molecular flexibility index (Phi) is 11.7. The monoisotopic (exact) mass is 271 g/mol. The third-order valence-electron chi connectivity index (χ3n) is 3.59. The maximum absolute atomic E-state index is 3.64. The van der Waals surface area contributed by atoms with Crippen LogP contribution < -0.4 is 5.32 Å². The maximum Gasteiger partial charge on any atom is 0.0933 e. The maximum atomic E-state index is 3.64. The van der Waals surface area contributed by atoms with E-state index in [4.69, 9.17) is 0 Å². The summed E-state index contributed by atoms with van der Waals surface area (Å²) >= 11 is 0. The van der Waals surface area contributed by atoms with E-state index in [1.807, 2.05) is 0 Å². The van der Waals surface area contributed by atoms with E-state index in [0.29, 0.717) is 6.04 Å². The van der Waals surface area contributed by atoms with Crippen molar-refractivity contribution in [3.63, 3.8) is 0 Å². The number of likely N-dealkylation sites (N-methyl/N-ethyl adjacent to an activating group) is 1. The van der Waals surface area contributed by atoms with Crippen LogP contribution in [0.1, 0.15) is 71.6 Å². The summed E-state index contributed by atoms with van der Waals surface area (Å²) < 4.78 is 1.05. The molecule has 1 N–H and O–H groups in total. The molecule has 0 aromatic heterocycles. The second-order valence-electron chi connectivity index (χ2n) is 7.16. The molecule has 19 heavy (non-hydrogen) atoms. The molecule has 116 valence electrons. The van der Waals surface area contributed by atoms with Crippen LogP contribution in [0.4, 0.5) is 0 Å². The molecule has 0 aromatic rings. The topological polar surface area (TPSA) is 12.0 Å². The Balaban J connectivity index is 3.18. The molecule has 0 radical (unpaired) electrons. The summed E-state index contributed by atoms with van der Waals surface area (Å²) in [4.78, 5) is 0. The molecule has 0 aliphatic carbocycles. The first-order valence-electron chi connectivity index (χ1n) is 8.49. The molecule has 0 amide bonds. The smallest absolute Gasteiger partial charge is 0.0933 e. The molecule has 0 fully saturated rings. The lowest BCUT2D eigenvalue weighted by molar-refractivity contribution is -0.871. The van der Waals surface area contributed by atoms with Gasteiger partial charge in [0.1, 0.15) is 0 Å². The molecule has 0 saturated heterocycles. The molecular formula is C17H39N2+. The fourth-order valence-electron chi connectivity index (χ4n) is 2.67. The van der Waals surface area contributed by atoms with Gasteiger partial charge in [-0.1, -0.05) is 58.3 Å². The summed E-state index contributed by atoms with van der Waals surface area (Å²) in [6, 6.07) is 0.633. The minimum atomic E-state index is 0.633. The third kappa shape index (κ3) is 15.9. The van der Waals surface area contributed by atoms with E-state index in [1.54, 1.807) is 0 Å². The second-order valence-corrected chi connectivity index (χ2v) is 7.16. The van der Waals surface area contributed by atoms with Gasteiger partial charge in [0.05, 0.1) is 33.7 Å². The Morgan fingerprint density at radius 3 is 1.74 bits per heavy atom. The Morgan fingerprint density at radius 2 is 1.26 bits per heavy atom. The Bertz CT molecular complexity index is 184. The highest BCUT2D eigenvalue weighted by molar-refractivity contribution is 4.59. The van der Waals surface area contributed by atoms with Crippen LogP contribution >= 0.6 is 0 Å². The highest BCUT2D eigenvalue weighted by Crippen LogP contribution is 2.09. The van der Waals surface area contributed by atoms with Crippen molar-refractivity contribution < 1.29 is 4.48 Å². The summed E-state index contributed by atoms with van der Waals surface area (Å²) in [7, 11) is 6.78. The number of rotatable bonds is 13. The zero-order valence-corrected chi connectivity index (χ0v) is 14.3. The van der Waals surface area contributed by atoms with Crippen molar-refractivity contribution >= 4 is 0 Å². The van der Waals surface area contributed by atoms with E-state index in [-0.39, 0.29) is 0 Å². The zero-order valence-electron chi connectivity index (χ0n) is 14.3. The summed E-state index contributed by atoms with van der Waals surface area (Å²) in [6.07, 6.45) is 12.7. The van der Waals surface area contributed by atoms with E-state index in [9.17, 15) is 0 Å². The average molecular weight is 272 g/mol. The highest BCUT2D eigenvalue weighted by Gasteiger charge is 2.12. The number of nitrogens with zero attached hydrogens (tertiary/aromatic N) is 1. The Morgan fingerprint density at radius 1 is 0.789 bits per heavy atom. The van der Waals surface area contributed by atoms with E-state index < -0.39 is 0 Å². The Hall–Kier alpha value is -0.0800. The number of quaternary nitrogens is 1. The molecule has 0 aliphatic heterocycles. The number of unbranched alkanes of at least 4 members (excludes halogenated alkanes) is 8. The molecule has 1 atom stereocenters. The van der Waals surface area contributed by atoms with Crippen LogP contribution in [0.2, 0.25) is 0 Å². The molecular weight excluding hydrogens is 232 g/mol. The molecule has 1 unspecified atom stereocenters. The molecule has 0 rings (SSSR count). The molecule has 2 nitrogen and oxygen atoms in total. The van der Waals surface area contributed by atoms with Crippen LogP contribution in [-0.4, -0.2) is 44.8 Å². The van der Waals surface area contributed by atoms with Gasteiger partial charge in [0.25, 0.3) is 0 Å². The number of hydrogen-bond acceptors (Lipinski definition) is 1. The van der Waals surface area contributed by atoms with Crippen molar-refractivity contribution in [2.75, 3.05) is 34.2 Å². The van der Waals surface area contributed by atoms with Crippen molar-refractivity contribution in [1.29, 1.82) is 0 Å². The van der Waals surface area contributed by atoms with Crippen molar-refractivity contribution in [2.45, 2.75) is 77.7 Å². The fourth-order valence-corrected chi connectivity index (χ4v) is 2.67. The quantitative estimate of drug-likeness (QED) is 0.391. The Labute approximate surface area is 122 Å². The largest absolute Gasteiger partial charge is 0.330 e. The van der Waals surface area contributed by atoms with Gasteiger partial charge >= 0.3 is 0 Å². The lowest BCUT2D eigenvalue weighted by Crippen LogP contribution is -2.45. The normalized spacial score (nSPS) is 13.7. The summed E-state index contributed by atoms with van der Waals surface area (Å²) in [5.74, 6) is 0. The summed E-state index contributed by atoms with van der Waals surface area (Å²) in [5.41, 5.74) is 0. The van der Waals surface area contributed by atoms with Crippen molar-refractivity contribution in [2.24, 2.45) is 0 Å². The predicted octanol–water partition coefficient (Wildman–Crippen LogP) is 4.20. The highest BCUT2D eigenvalue weighted by atomic mass is 15.3. The summed E-state index contributed by atoms with van der Waals surface area (Å²) in [5, 5.41) is 3.64. The first-order valence-corrected chi connectivity index (χ1v) is 8.49. The molecule has 2 heteroatoms. The van der Waals surface area contributed by atoms with Crippen LogP contribution in [-0.2, 0) is 0 Å². The average Bonchev–Trinajstić information content (AvgIpc) is 2.29. The first kappa shape index (κ1) is 18.9. The zero-order chi connectivity index (χ0) is 14.6.